The summed E-state index contributed by atoms with van der Waals surface area (Å²) in [5.41, 5.74) is 4.39. The lowest BCUT2D eigenvalue weighted by Gasteiger charge is -2.24. The minimum atomic E-state index is -0.769. The van der Waals surface area contributed by atoms with Gasteiger partial charge in [0.25, 0.3) is 0 Å². The molecule has 1 amide bonds. The van der Waals surface area contributed by atoms with Gasteiger partial charge in [-0.2, -0.15) is 0 Å². The molecule has 192 valence electrons. The number of methoxy groups -OCH3 is 1. The highest BCUT2D eigenvalue weighted by atomic mass is 35.5. The Bertz CT molecular complexity index is 1450. The predicted octanol–water partition coefficient (Wildman–Crippen LogP) is 3.69. The van der Waals surface area contributed by atoms with Gasteiger partial charge in [-0.3, -0.25) is 9.69 Å². The number of aliphatic hydroxyl groups is 1. The van der Waals surface area contributed by atoms with E-state index in [2.05, 4.69) is 15.3 Å². The van der Waals surface area contributed by atoms with Gasteiger partial charge in [0, 0.05) is 29.1 Å². The van der Waals surface area contributed by atoms with Crippen LogP contribution in [-0.4, -0.2) is 62.6 Å². The van der Waals surface area contributed by atoms with E-state index in [0.717, 1.165) is 21.8 Å². The number of aliphatic hydroxyl groups excluding tert-OH is 1. The summed E-state index contributed by atoms with van der Waals surface area (Å²) in [5, 5.41) is 17.0. The number of benzene rings is 2. The Kier molecular flexibility index (Phi) is 7.25. The molecule has 4 aromatic rings. The summed E-state index contributed by atoms with van der Waals surface area (Å²) in [7, 11) is 1.34. The lowest BCUT2D eigenvalue weighted by molar-refractivity contribution is -0.128. The molecule has 11 heteroatoms. The van der Waals surface area contributed by atoms with Crippen molar-refractivity contribution in [3.05, 3.63) is 69.4 Å². The number of thiazole rings is 1. The smallest absolute Gasteiger partial charge is 0.338 e. The van der Waals surface area contributed by atoms with Crippen LogP contribution in [0.4, 0.5) is 0 Å². The molecule has 0 spiro atoms. The van der Waals surface area contributed by atoms with Crippen LogP contribution < -0.4 is 5.32 Å². The summed E-state index contributed by atoms with van der Waals surface area (Å²) >= 11 is 7.52. The molecule has 5 rings (SSSR count). The Morgan fingerprint density at radius 1 is 1.24 bits per heavy atom. The van der Waals surface area contributed by atoms with Crippen molar-refractivity contribution in [2.45, 2.75) is 38.6 Å². The summed E-state index contributed by atoms with van der Waals surface area (Å²) < 4.78 is 4.83. The second-order valence-corrected chi connectivity index (χ2v) is 10.2. The molecule has 1 aliphatic heterocycles. The molecule has 0 aliphatic carbocycles. The van der Waals surface area contributed by atoms with Crippen molar-refractivity contribution in [2.75, 3.05) is 13.7 Å². The molecular weight excluding hydrogens is 514 g/mol. The van der Waals surface area contributed by atoms with Crippen LogP contribution >= 0.6 is 22.9 Å². The third kappa shape index (κ3) is 5.24. The zero-order valence-corrected chi connectivity index (χ0v) is 21.9. The van der Waals surface area contributed by atoms with E-state index in [1.54, 1.807) is 19.1 Å². The number of nitrogens with zero attached hydrogens (tertiary/aromatic N) is 3. The number of aromatic amines is 1. The highest BCUT2D eigenvalue weighted by Gasteiger charge is 2.38. The van der Waals surface area contributed by atoms with Crippen LogP contribution in [0, 0.1) is 6.92 Å². The third-order valence-corrected chi connectivity index (χ3v) is 7.73. The average Bonchev–Trinajstić information content (AvgIpc) is 3.62. The second-order valence-electron chi connectivity index (χ2n) is 8.95. The van der Waals surface area contributed by atoms with Crippen molar-refractivity contribution in [2.24, 2.45) is 0 Å². The van der Waals surface area contributed by atoms with Gasteiger partial charge >= 0.3 is 5.97 Å². The minimum Gasteiger partial charge on any atom is -0.465 e. The number of esters is 1. The van der Waals surface area contributed by atoms with Crippen molar-refractivity contribution in [3.63, 3.8) is 0 Å². The number of aromatic nitrogens is 3. The van der Waals surface area contributed by atoms with E-state index in [0.29, 0.717) is 47.0 Å². The monoisotopic (exact) mass is 539 g/mol. The number of ether oxygens (including phenoxy) is 1. The lowest BCUT2D eigenvalue weighted by atomic mass is 10.1. The molecule has 2 aromatic carbocycles. The van der Waals surface area contributed by atoms with E-state index in [1.165, 1.54) is 18.4 Å². The number of imidazole rings is 1. The second kappa shape index (κ2) is 10.6. The predicted molar refractivity (Wildman–Crippen MR) is 141 cm³/mol. The number of hydrogen-bond acceptors (Lipinski definition) is 8. The van der Waals surface area contributed by atoms with Crippen LogP contribution in [0.25, 0.3) is 21.6 Å². The standard InChI is InChI=1S/C26H26ClN5O4S/c1-14-18(26(35)36-2)7-8-19-22(14)31-21(30-19)11-28-24(34)23-20(33)9-10-32(23)12-17-13-37-25(29-17)15-3-5-16(27)6-4-15/h3-8,13,20,23,33H,9-12H2,1-2H3,(H,28,34)(H,30,31)/t20-,23-/m0/s1. The number of amides is 1. The molecule has 0 unspecified atom stereocenters. The number of aryl methyl sites for hydroxylation is 1. The molecule has 1 saturated heterocycles. The van der Waals surface area contributed by atoms with Gasteiger partial charge in [-0.25, -0.2) is 14.8 Å². The topological polar surface area (TPSA) is 120 Å². The van der Waals surface area contributed by atoms with E-state index in [9.17, 15) is 14.7 Å². The Balaban J connectivity index is 1.25. The number of halogens is 1. The fraction of sp³-hybridized carbons (Fsp3) is 0.308. The Morgan fingerprint density at radius 3 is 2.78 bits per heavy atom. The first kappa shape index (κ1) is 25.3. The largest absolute Gasteiger partial charge is 0.465 e. The molecule has 0 saturated carbocycles. The van der Waals surface area contributed by atoms with Gasteiger partial charge in [0.15, 0.2) is 0 Å². The Morgan fingerprint density at radius 2 is 2.03 bits per heavy atom. The molecule has 0 radical (unpaired) electrons. The van der Waals surface area contributed by atoms with Gasteiger partial charge in [0.05, 0.1) is 42.0 Å². The zero-order valence-electron chi connectivity index (χ0n) is 20.3. The summed E-state index contributed by atoms with van der Waals surface area (Å²) in [4.78, 5) is 39.5. The first-order chi connectivity index (χ1) is 17.8. The number of fused-ring (bicyclic) bond motifs is 1. The van der Waals surface area contributed by atoms with Gasteiger partial charge in [-0.15, -0.1) is 11.3 Å². The summed E-state index contributed by atoms with van der Waals surface area (Å²) in [6.07, 6.45) is -0.262. The number of nitrogens with one attached hydrogen (secondary N) is 2. The van der Waals surface area contributed by atoms with Crippen molar-refractivity contribution < 1.29 is 19.4 Å². The van der Waals surface area contributed by atoms with Gasteiger partial charge in [-0.1, -0.05) is 23.7 Å². The first-order valence-electron chi connectivity index (χ1n) is 11.8. The number of H-pyrrole nitrogens is 1. The molecule has 2 aromatic heterocycles. The van der Waals surface area contributed by atoms with E-state index < -0.39 is 18.1 Å². The fourth-order valence-corrected chi connectivity index (χ4v) is 5.57. The summed E-state index contributed by atoms with van der Waals surface area (Å²) in [6, 6.07) is 10.3. The third-order valence-electron chi connectivity index (χ3n) is 6.54. The lowest BCUT2D eigenvalue weighted by Crippen LogP contribution is -2.47. The van der Waals surface area contributed by atoms with Crippen LogP contribution in [0.15, 0.2) is 41.8 Å². The molecule has 3 heterocycles. The van der Waals surface area contributed by atoms with Crippen LogP contribution in [0.3, 0.4) is 0 Å². The summed E-state index contributed by atoms with van der Waals surface area (Å²) in [6.45, 7) is 3.02. The number of carbonyl (C=O) groups excluding carboxylic acids is 2. The van der Waals surface area contributed by atoms with E-state index in [1.807, 2.05) is 34.5 Å². The normalized spacial score (nSPS) is 17.8. The van der Waals surface area contributed by atoms with Crippen LogP contribution in [0.1, 0.15) is 33.9 Å². The molecule has 9 nitrogen and oxygen atoms in total. The van der Waals surface area contributed by atoms with Gasteiger partial charge < -0.3 is 20.1 Å². The maximum absolute atomic E-state index is 13.1. The molecule has 3 N–H and O–H groups in total. The number of likely N-dealkylation sites (tertiary alicyclic amines) is 1. The average molecular weight is 540 g/mol. The van der Waals surface area contributed by atoms with E-state index in [4.69, 9.17) is 21.3 Å². The van der Waals surface area contributed by atoms with E-state index >= 15 is 0 Å². The van der Waals surface area contributed by atoms with Gasteiger partial charge in [0.2, 0.25) is 5.91 Å². The number of hydrogen-bond donors (Lipinski definition) is 3. The van der Waals surface area contributed by atoms with Crippen LogP contribution in [0.5, 0.6) is 0 Å². The molecule has 1 aliphatic rings. The summed E-state index contributed by atoms with van der Waals surface area (Å²) in [5.74, 6) is -0.141. The van der Waals surface area contributed by atoms with Crippen LogP contribution in [0.2, 0.25) is 5.02 Å². The maximum Gasteiger partial charge on any atom is 0.338 e. The molecule has 1 fully saturated rings. The highest BCUT2D eigenvalue weighted by Crippen LogP contribution is 2.28. The Hall–Kier alpha value is -3.31. The number of rotatable bonds is 7. The van der Waals surface area contributed by atoms with Crippen LogP contribution in [-0.2, 0) is 22.6 Å². The fourth-order valence-electron chi connectivity index (χ4n) is 4.62. The maximum atomic E-state index is 13.1. The van der Waals surface area contributed by atoms with E-state index in [-0.39, 0.29) is 12.5 Å². The minimum absolute atomic E-state index is 0.162. The van der Waals surface area contributed by atoms with Crippen molar-refractivity contribution in [3.8, 4) is 10.6 Å². The van der Waals surface area contributed by atoms with Crippen molar-refractivity contribution in [1.82, 2.24) is 25.2 Å². The van der Waals surface area contributed by atoms with Crippen molar-refractivity contribution >= 4 is 45.8 Å². The molecule has 0 bridgehead atoms. The molecule has 37 heavy (non-hydrogen) atoms. The van der Waals surface area contributed by atoms with Crippen molar-refractivity contribution in [1.29, 1.82) is 0 Å². The molecular formula is C26H26ClN5O4S. The highest BCUT2D eigenvalue weighted by molar-refractivity contribution is 7.13. The quantitative estimate of drug-likeness (QED) is 0.306. The Labute approximate surface area is 222 Å². The number of carbonyl (C=O) groups is 2. The van der Waals surface area contributed by atoms with Gasteiger partial charge in [-0.05, 0) is 43.2 Å². The zero-order chi connectivity index (χ0) is 26.1. The SMILES string of the molecule is COC(=O)c1ccc2[nH]c(CNC(=O)[C@@H]3[C@@H](O)CCN3Cc3csc(-c4ccc(Cl)cc4)n3)nc2c1C. The first-order valence-corrected chi connectivity index (χ1v) is 13.1. The van der Waals surface area contributed by atoms with Gasteiger partial charge in [0.1, 0.15) is 16.9 Å². The molecule has 2 atom stereocenters.